The predicted molar refractivity (Wildman–Crippen MR) is 55.1 cm³/mol. The van der Waals surface area contributed by atoms with Gasteiger partial charge in [0.1, 0.15) is 6.04 Å². The minimum atomic E-state index is -0.107. The number of likely N-dealkylation sites (tertiary alicyclic amines) is 1. The molecule has 0 amide bonds. The highest BCUT2D eigenvalue weighted by molar-refractivity contribution is 5.75. The Labute approximate surface area is 85.6 Å². The molecule has 82 valence electrons. The summed E-state index contributed by atoms with van der Waals surface area (Å²) in [5, 5.41) is 3.23. The van der Waals surface area contributed by atoms with Crippen molar-refractivity contribution >= 4 is 5.97 Å². The molecule has 0 aromatic rings. The number of carbonyl (C=O) groups excluding carboxylic acids is 1. The topological polar surface area (TPSA) is 41.6 Å². The fourth-order valence-corrected chi connectivity index (χ4v) is 1.79. The van der Waals surface area contributed by atoms with Crippen LogP contribution < -0.4 is 5.32 Å². The minimum absolute atomic E-state index is 0.103. The van der Waals surface area contributed by atoms with E-state index in [1.165, 1.54) is 0 Å². The Morgan fingerprint density at radius 1 is 1.71 bits per heavy atom. The highest BCUT2D eigenvalue weighted by Gasteiger charge is 2.29. The Balaban J connectivity index is 2.38. The van der Waals surface area contributed by atoms with E-state index in [0.29, 0.717) is 12.6 Å². The first kappa shape index (κ1) is 11.5. The van der Waals surface area contributed by atoms with Crippen molar-refractivity contribution in [2.24, 2.45) is 0 Å². The first-order chi connectivity index (χ1) is 6.69. The smallest absolute Gasteiger partial charge is 0.323 e. The summed E-state index contributed by atoms with van der Waals surface area (Å²) >= 11 is 0. The number of hydrogen-bond acceptors (Lipinski definition) is 4. The fourth-order valence-electron chi connectivity index (χ4n) is 1.79. The third-order valence-corrected chi connectivity index (χ3v) is 2.80. The van der Waals surface area contributed by atoms with Gasteiger partial charge in [-0.15, -0.1) is 0 Å². The van der Waals surface area contributed by atoms with Crippen molar-refractivity contribution in [3.63, 3.8) is 0 Å². The monoisotopic (exact) mass is 200 g/mol. The molecule has 14 heavy (non-hydrogen) atoms. The van der Waals surface area contributed by atoms with Gasteiger partial charge in [-0.3, -0.25) is 9.69 Å². The molecule has 0 aromatic carbocycles. The van der Waals surface area contributed by atoms with Gasteiger partial charge in [0.15, 0.2) is 0 Å². The molecule has 4 nitrogen and oxygen atoms in total. The van der Waals surface area contributed by atoms with Crippen LogP contribution in [0.15, 0.2) is 0 Å². The number of esters is 1. The molecular weight excluding hydrogens is 180 g/mol. The number of carbonyl (C=O) groups is 1. The molecule has 1 aliphatic heterocycles. The third kappa shape index (κ3) is 2.69. The summed E-state index contributed by atoms with van der Waals surface area (Å²) in [5.41, 5.74) is 0. The summed E-state index contributed by atoms with van der Waals surface area (Å²) in [7, 11) is 1.96. The Morgan fingerprint density at radius 3 is 2.93 bits per heavy atom. The Bertz CT molecular complexity index is 197. The standard InChI is InChI=1S/C10H20N2O2/c1-4-14-10(13)8(2)12-6-5-9(7-12)11-3/h8-9,11H,4-7H2,1-3H3. The summed E-state index contributed by atoms with van der Waals surface area (Å²) < 4.78 is 4.98. The van der Waals surface area contributed by atoms with Crippen molar-refractivity contribution in [2.45, 2.75) is 32.4 Å². The second-order valence-corrected chi connectivity index (χ2v) is 3.70. The lowest BCUT2D eigenvalue weighted by atomic mass is 10.3. The van der Waals surface area contributed by atoms with Crippen molar-refractivity contribution in [1.82, 2.24) is 10.2 Å². The van der Waals surface area contributed by atoms with E-state index >= 15 is 0 Å². The van der Waals surface area contributed by atoms with Gasteiger partial charge in [0.05, 0.1) is 6.61 Å². The minimum Gasteiger partial charge on any atom is -0.465 e. The van der Waals surface area contributed by atoms with Crippen molar-refractivity contribution in [2.75, 3.05) is 26.7 Å². The highest BCUT2D eigenvalue weighted by Crippen LogP contribution is 2.13. The van der Waals surface area contributed by atoms with Crippen molar-refractivity contribution < 1.29 is 9.53 Å². The molecule has 1 rings (SSSR count). The van der Waals surface area contributed by atoms with E-state index in [1.807, 2.05) is 20.9 Å². The molecule has 0 aromatic heterocycles. The summed E-state index contributed by atoms with van der Waals surface area (Å²) in [6.07, 6.45) is 1.11. The molecule has 2 atom stereocenters. The number of nitrogens with zero attached hydrogens (tertiary/aromatic N) is 1. The molecular formula is C10H20N2O2. The van der Waals surface area contributed by atoms with Crippen molar-refractivity contribution in [3.8, 4) is 0 Å². The molecule has 1 N–H and O–H groups in total. The molecule has 1 saturated heterocycles. The van der Waals surface area contributed by atoms with Crippen LogP contribution in [0.2, 0.25) is 0 Å². The summed E-state index contributed by atoms with van der Waals surface area (Å²) in [6.45, 7) is 6.13. The van der Waals surface area contributed by atoms with E-state index in [4.69, 9.17) is 4.74 Å². The molecule has 0 radical (unpaired) electrons. The summed E-state index contributed by atoms with van der Waals surface area (Å²) in [6, 6.07) is 0.417. The van der Waals surface area contributed by atoms with Crippen LogP contribution in [-0.4, -0.2) is 49.7 Å². The first-order valence-corrected chi connectivity index (χ1v) is 5.27. The highest BCUT2D eigenvalue weighted by atomic mass is 16.5. The van der Waals surface area contributed by atoms with Crippen LogP contribution in [0.25, 0.3) is 0 Å². The average Bonchev–Trinajstić information content (AvgIpc) is 2.65. The van der Waals surface area contributed by atoms with Gasteiger partial charge in [0.2, 0.25) is 0 Å². The van der Waals surface area contributed by atoms with Gasteiger partial charge in [-0.2, -0.15) is 0 Å². The van der Waals surface area contributed by atoms with Gasteiger partial charge in [0.25, 0.3) is 0 Å². The number of rotatable bonds is 4. The molecule has 0 bridgehead atoms. The van der Waals surface area contributed by atoms with Crippen LogP contribution in [-0.2, 0) is 9.53 Å². The average molecular weight is 200 g/mol. The number of hydrogen-bond donors (Lipinski definition) is 1. The van der Waals surface area contributed by atoms with Gasteiger partial charge in [-0.25, -0.2) is 0 Å². The van der Waals surface area contributed by atoms with Crippen LogP contribution in [0.5, 0.6) is 0 Å². The van der Waals surface area contributed by atoms with Crippen LogP contribution in [0.1, 0.15) is 20.3 Å². The fraction of sp³-hybridized carbons (Fsp3) is 0.900. The van der Waals surface area contributed by atoms with Crippen molar-refractivity contribution in [1.29, 1.82) is 0 Å². The molecule has 4 heteroatoms. The van der Waals surface area contributed by atoms with E-state index in [2.05, 4.69) is 10.2 Å². The van der Waals surface area contributed by atoms with E-state index < -0.39 is 0 Å². The molecule has 2 unspecified atom stereocenters. The predicted octanol–water partition coefficient (Wildman–Crippen LogP) is 0.232. The molecule has 1 aliphatic rings. The van der Waals surface area contributed by atoms with E-state index in [9.17, 15) is 4.79 Å². The second-order valence-electron chi connectivity index (χ2n) is 3.70. The van der Waals surface area contributed by atoms with Gasteiger partial charge in [0, 0.05) is 19.1 Å². The number of ether oxygens (including phenoxy) is 1. The molecule has 0 aliphatic carbocycles. The Morgan fingerprint density at radius 2 is 2.43 bits per heavy atom. The van der Waals surface area contributed by atoms with Gasteiger partial charge in [-0.05, 0) is 27.3 Å². The summed E-state index contributed by atoms with van der Waals surface area (Å²) in [5.74, 6) is -0.107. The molecule has 0 saturated carbocycles. The van der Waals surface area contributed by atoms with E-state index in [0.717, 1.165) is 19.5 Å². The first-order valence-electron chi connectivity index (χ1n) is 5.27. The number of likely N-dealkylation sites (N-methyl/N-ethyl adjacent to an activating group) is 1. The Hall–Kier alpha value is -0.610. The third-order valence-electron chi connectivity index (χ3n) is 2.80. The molecule has 0 spiro atoms. The normalized spacial score (nSPS) is 24.9. The lowest BCUT2D eigenvalue weighted by Gasteiger charge is -2.22. The summed E-state index contributed by atoms with van der Waals surface area (Å²) in [4.78, 5) is 13.6. The lowest BCUT2D eigenvalue weighted by Crippen LogP contribution is -2.40. The zero-order chi connectivity index (χ0) is 10.6. The lowest BCUT2D eigenvalue weighted by molar-refractivity contribution is -0.148. The van der Waals surface area contributed by atoms with Gasteiger partial charge in [-0.1, -0.05) is 0 Å². The molecule has 1 fully saturated rings. The maximum atomic E-state index is 11.4. The van der Waals surface area contributed by atoms with Gasteiger partial charge >= 0.3 is 5.97 Å². The van der Waals surface area contributed by atoms with Crippen LogP contribution in [0, 0.1) is 0 Å². The molecule has 1 heterocycles. The van der Waals surface area contributed by atoms with Crippen LogP contribution in [0.4, 0.5) is 0 Å². The van der Waals surface area contributed by atoms with E-state index in [-0.39, 0.29) is 12.0 Å². The maximum Gasteiger partial charge on any atom is 0.323 e. The quantitative estimate of drug-likeness (QED) is 0.660. The Kier molecular flexibility index (Phi) is 4.35. The second kappa shape index (κ2) is 5.32. The van der Waals surface area contributed by atoms with Crippen molar-refractivity contribution in [3.05, 3.63) is 0 Å². The zero-order valence-corrected chi connectivity index (χ0v) is 9.25. The van der Waals surface area contributed by atoms with Gasteiger partial charge < -0.3 is 10.1 Å². The SMILES string of the molecule is CCOC(=O)C(C)N1CCC(NC)C1. The van der Waals surface area contributed by atoms with Crippen LogP contribution in [0.3, 0.4) is 0 Å². The number of nitrogens with one attached hydrogen (secondary N) is 1. The zero-order valence-electron chi connectivity index (χ0n) is 9.25. The van der Waals surface area contributed by atoms with E-state index in [1.54, 1.807) is 0 Å². The van der Waals surface area contributed by atoms with Crippen LogP contribution >= 0.6 is 0 Å². The maximum absolute atomic E-state index is 11.4. The largest absolute Gasteiger partial charge is 0.465 e.